The molecule has 2 aromatic heterocycles. The molecule has 0 bridgehead atoms. The Labute approximate surface area is 191 Å². The second-order valence-corrected chi connectivity index (χ2v) is 9.27. The van der Waals surface area contributed by atoms with Crippen LogP contribution >= 0.6 is 11.3 Å². The molecule has 0 radical (unpaired) electrons. The maximum atomic E-state index is 13.0. The molecule has 1 aliphatic rings. The number of amides is 1. The zero-order valence-electron chi connectivity index (χ0n) is 18.2. The predicted molar refractivity (Wildman–Crippen MR) is 127 cm³/mol. The third kappa shape index (κ3) is 4.22. The number of nitrogens with zero attached hydrogens (tertiary/aromatic N) is 4. The number of hydrogen-bond donors (Lipinski definition) is 1. The topological polar surface area (TPSA) is 63.1 Å². The first-order valence-corrected chi connectivity index (χ1v) is 11.6. The van der Waals surface area contributed by atoms with E-state index in [1.807, 2.05) is 38.1 Å². The van der Waals surface area contributed by atoms with Gasteiger partial charge in [-0.05, 0) is 37.1 Å². The Hall–Kier alpha value is -3.29. The smallest absolute Gasteiger partial charge is 0.260 e. The van der Waals surface area contributed by atoms with Gasteiger partial charge in [0, 0.05) is 30.9 Å². The fraction of sp³-hybridized carbons (Fsp3) is 0.240. The number of thiazole rings is 1. The molecule has 0 atom stereocenters. The van der Waals surface area contributed by atoms with Crippen LogP contribution in [0.5, 0.6) is 0 Å². The number of aromatic nitrogens is 3. The number of benzene rings is 2. The summed E-state index contributed by atoms with van der Waals surface area (Å²) >= 11 is 1.57. The van der Waals surface area contributed by atoms with Crippen molar-refractivity contribution in [3.8, 4) is 5.69 Å². The summed E-state index contributed by atoms with van der Waals surface area (Å²) in [5.41, 5.74) is 5.88. The highest BCUT2D eigenvalue weighted by atomic mass is 32.1. The van der Waals surface area contributed by atoms with Gasteiger partial charge in [-0.2, -0.15) is 5.10 Å². The quantitative estimate of drug-likeness (QED) is 0.483. The first kappa shape index (κ1) is 20.6. The third-order valence-corrected chi connectivity index (χ3v) is 6.78. The van der Waals surface area contributed by atoms with Crippen molar-refractivity contribution in [1.82, 2.24) is 19.7 Å². The molecule has 0 unspecified atom stereocenters. The molecule has 6 nitrogen and oxygen atoms in total. The van der Waals surface area contributed by atoms with Crippen molar-refractivity contribution in [3.63, 3.8) is 0 Å². The van der Waals surface area contributed by atoms with Crippen LogP contribution < -0.4 is 5.32 Å². The van der Waals surface area contributed by atoms with Crippen LogP contribution in [0.4, 0.5) is 5.13 Å². The highest BCUT2D eigenvalue weighted by Crippen LogP contribution is 2.29. The Morgan fingerprint density at radius 3 is 2.78 bits per heavy atom. The molecule has 0 fully saturated rings. The fourth-order valence-corrected chi connectivity index (χ4v) is 5.14. The van der Waals surface area contributed by atoms with Crippen molar-refractivity contribution in [2.24, 2.45) is 0 Å². The van der Waals surface area contributed by atoms with E-state index in [9.17, 15) is 4.79 Å². The summed E-state index contributed by atoms with van der Waals surface area (Å²) in [6.07, 6.45) is 2.53. The first-order chi connectivity index (χ1) is 15.6. The maximum Gasteiger partial charge on any atom is 0.260 e. The van der Waals surface area contributed by atoms with Crippen LogP contribution in [0.2, 0.25) is 0 Å². The first-order valence-electron chi connectivity index (χ1n) is 10.7. The van der Waals surface area contributed by atoms with E-state index >= 15 is 0 Å². The molecule has 0 saturated heterocycles. The van der Waals surface area contributed by atoms with Crippen molar-refractivity contribution >= 4 is 22.4 Å². The Morgan fingerprint density at radius 2 is 1.97 bits per heavy atom. The maximum absolute atomic E-state index is 13.0. The van der Waals surface area contributed by atoms with Crippen LogP contribution in [-0.4, -0.2) is 32.1 Å². The van der Waals surface area contributed by atoms with Crippen molar-refractivity contribution in [3.05, 3.63) is 93.7 Å². The average Bonchev–Trinajstić information content (AvgIpc) is 3.37. The molecule has 0 saturated carbocycles. The SMILES string of the molecule is Cc1cccc(-n2ncc(C(=O)Nc3nc4c(s3)CN(Cc3ccccc3)CC4)c2C)c1. The molecule has 162 valence electrons. The normalized spacial score (nSPS) is 13.7. The lowest BCUT2D eigenvalue weighted by Crippen LogP contribution is -2.29. The number of hydrogen-bond acceptors (Lipinski definition) is 5. The molecule has 3 heterocycles. The number of anilines is 1. The minimum atomic E-state index is -0.173. The Kier molecular flexibility index (Phi) is 5.59. The lowest BCUT2D eigenvalue weighted by molar-refractivity contribution is 0.102. The fourth-order valence-electron chi connectivity index (χ4n) is 4.10. The van der Waals surface area contributed by atoms with E-state index in [4.69, 9.17) is 4.98 Å². The summed E-state index contributed by atoms with van der Waals surface area (Å²) < 4.78 is 1.80. The summed E-state index contributed by atoms with van der Waals surface area (Å²) in [6.45, 7) is 6.72. The lowest BCUT2D eigenvalue weighted by atomic mass is 10.1. The van der Waals surface area contributed by atoms with Gasteiger partial charge in [-0.15, -0.1) is 11.3 Å². The standard InChI is InChI=1S/C25H25N5OS/c1-17-7-6-10-20(13-17)30-18(2)21(14-26-30)24(31)28-25-27-22-11-12-29(16-23(22)32-25)15-19-8-4-3-5-9-19/h3-10,13-14H,11-12,15-16H2,1-2H3,(H,27,28,31). The predicted octanol–water partition coefficient (Wildman–Crippen LogP) is 4.76. The monoisotopic (exact) mass is 443 g/mol. The van der Waals surface area contributed by atoms with Crippen LogP contribution in [0.15, 0.2) is 60.8 Å². The van der Waals surface area contributed by atoms with Crippen LogP contribution in [0, 0.1) is 13.8 Å². The number of aryl methyl sites for hydroxylation is 1. The minimum absolute atomic E-state index is 0.173. The molecule has 0 aliphatic carbocycles. The van der Waals surface area contributed by atoms with E-state index in [0.29, 0.717) is 10.7 Å². The van der Waals surface area contributed by atoms with Gasteiger partial charge in [0.05, 0.1) is 28.8 Å². The molecular weight excluding hydrogens is 418 g/mol. The van der Waals surface area contributed by atoms with Gasteiger partial charge >= 0.3 is 0 Å². The van der Waals surface area contributed by atoms with Gasteiger partial charge in [0.2, 0.25) is 0 Å². The van der Waals surface area contributed by atoms with Crippen LogP contribution in [0.25, 0.3) is 5.69 Å². The molecule has 1 amide bonds. The van der Waals surface area contributed by atoms with Gasteiger partial charge < -0.3 is 0 Å². The second kappa shape index (κ2) is 8.68. The zero-order valence-corrected chi connectivity index (χ0v) is 19.0. The second-order valence-electron chi connectivity index (χ2n) is 8.18. The Bertz CT molecular complexity index is 1260. The van der Waals surface area contributed by atoms with Crippen molar-refractivity contribution in [1.29, 1.82) is 0 Å². The lowest BCUT2D eigenvalue weighted by Gasteiger charge is -2.25. The van der Waals surface area contributed by atoms with E-state index < -0.39 is 0 Å². The highest BCUT2D eigenvalue weighted by Gasteiger charge is 2.23. The molecular formula is C25H25N5OS. The number of fused-ring (bicyclic) bond motifs is 1. The summed E-state index contributed by atoms with van der Waals surface area (Å²) in [5.74, 6) is -0.173. The molecule has 0 spiro atoms. The van der Waals surface area contributed by atoms with Gasteiger partial charge in [0.25, 0.3) is 5.91 Å². The largest absolute Gasteiger partial charge is 0.298 e. The summed E-state index contributed by atoms with van der Waals surface area (Å²) in [5, 5.41) is 8.09. The van der Waals surface area contributed by atoms with Crippen LogP contribution in [0.1, 0.15) is 37.7 Å². The van der Waals surface area contributed by atoms with E-state index in [-0.39, 0.29) is 5.91 Å². The molecule has 7 heteroatoms. The van der Waals surface area contributed by atoms with Crippen molar-refractivity contribution in [2.75, 3.05) is 11.9 Å². The molecule has 4 aromatic rings. The number of rotatable bonds is 5. The van der Waals surface area contributed by atoms with Gasteiger partial charge in [-0.3, -0.25) is 15.0 Å². The van der Waals surface area contributed by atoms with E-state index in [2.05, 4.69) is 45.6 Å². The zero-order chi connectivity index (χ0) is 22.1. The van der Waals surface area contributed by atoms with Gasteiger partial charge in [0.15, 0.2) is 5.13 Å². The van der Waals surface area contributed by atoms with Gasteiger partial charge in [-0.1, -0.05) is 42.5 Å². The summed E-state index contributed by atoms with van der Waals surface area (Å²) in [6, 6.07) is 18.6. The Balaban J connectivity index is 1.28. The number of nitrogens with one attached hydrogen (secondary N) is 1. The van der Waals surface area contributed by atoms with Gasteiger partial charge in [-0.25, -0.2) is 9.67 Å². The highest BCUT2D eigenvalue weighted by molar-refractivity contribution is 7.15. The number of carbonyl (C=O) groups is 1. The molecule has 1 N–H and O–H groups in total. The molecule has 2 aromatic carbocycles. The van der Waals surface area contributed by atoms with E-state index in [1.165, 1.54) is 10.4 Å². The average molecular weight is 444 g/mol. The van der Waals surface area contributed by atoms with E-state index in [1.54, 1.807) is 22.2 Å². The molecule has 1 aliphatic heterocycles. The summed E-state index contributed by atoms with van der Waals surface area (Å²) in [7, 11) is 0. The minimum Gasteiger partial charge on any atom is -0.298 e. The van der Waals surface area contributed by atoms with Crippen LogP contribution in [-0.2, 0) is 19.5 Å². The van der Waals surface area contributed by atoms with Gasteiger partial charge in [0.1, 0.15) is 0 Å². The third-order valence-electron chi connectivity index (χ3n) is 5.78. The van der Waals surface area contributed by atoms with E-state index in [0.717, 1.165) is 48.7 Å². The summed E-state index contributed by atoms with van der Waals surface area (Å²) in [4.78, 5) is 21.3. The Morgan fingerprint density at radius 1 is 1.12 bits per heavy atom. The molecule has 5 rings (SSSR count). The van der Waals surface area contributed by atoms with Crippen molar-refractivity contribution in [2.45, 2.75) is 33.4 Å². The van der Waals surface area contributed by atoms with Crippen LogP contribution in [0.3, 0.4) is 0 Å². The van der Waals surface area contributed by atoms with Crippen molar-refractivity contribution < 1.29 is 4.79 Å². The number of carbonyl (C=O) groups excluding carboxylic acids is 1. The molecule has 32 heavy (non-hydrogen) atoms.